The molecule has 3 nitrogen and oxygen atoms in total. The standard InChI is InChI=1S/C14H25O3P/c1-4-13(14-10-8-7-9-11-14)12-18(15,16-5-2)17-6-3/h10,12H,4-9,11H2,1-3H3/b13-12-. The highest BCUT2D eigenvalue weighted by Crippen LogP contribution is 2.51. The predicted octanol–water partition coefficient (Wildman–Crippen LogP) is 5.05. The molecule has 0 heterocycles. The molecule has 0 radical (unpaired) electrons. The summed E-state index contributed by atoms with van der Waals surface area (Å²) >= 11 is 0. The van der Waals surface area contributed by atoms with Crippen molar-refractivity contribution in [3.05, 3.63) is 23.0 Å². The zero-order chi connectivity index (χ0) is 13.4. The minimum absolute atomic E-state index is 0.407. The maximum absolute atomic E-state index is 12.5. The highest BCUT2D eigenvalue weighted by molar-refractivity contribution is 7.57. The largest absolute Gasteiger partial charge is 0.354 e. The molecule has 18 heavy (non-hydrogen) atoms. The third-order valence-electron chi connectivity index (χ3n) is 3.02. The van der Waals surface area contributed by atoms with E-state index in [1.807, 2.05) is 13.8 Å². The van der Waals surface area contributed by atoms with Crippen LogP contribution in [-0.2, 0) is 13.6 Å². The molecule has 4 heteroatoms. The molecule has 1 rings (SSSR count). The second kappa shape index (κ2) is 7.93. The number of rotatable bonds is 7. The molecule has 104 valence electrons. The summed E-state index contributed by atoms with van der Waals surface area (Å²) in [5, 5.41) is 0. The normalized spacial score (nSPS) is 17.7. The van der Waals surface area contributed by atoms with Gasteiger partial charge in [0.15, 0.2) is 0 Å². The molecule has 0 aliphatic heterocycles. The number of hydrogen-bond acceptors (Lipinski definition) is 3. The Labute approximate surface area is 111 Å². The number of hydrogen-bond donors (Lipinski definition) is 0. The van der Waals surface area contributed by atoms with Crippen molar-refractivity contribution in [2.45, 2.75) is 52.9 Å². The summed E-state index contributed by atoms with van der Waals surface area (Å²) in [6.45, 7) is 6.58. The first-order chi connectivity index (χ1) is 8.65. The summed E-state index contributed by atoms with van der Waals surface area (Å²) in [5.41, 5.74) is 2.45. The molecule has 0 unspecified atom stereocenters. The molecule has 0 aromatic carbocycles. The lowest BCUT2D eigenvalue weighted by Gasteiger charge is -2.18. The van der Waals surface area contributed by atoms with E-state index in [0.29, 0.717) is 13.2 Å². The second-order valence-corrected chi connectivity index (χ2v) is 6.21. The number of allylic oxidation sites excluding steroid dienone is 3. The smallest absolute Gasteiger partial charge is 0.306 e. The Balaban J connectivity index is 2.92. The van der Waals surface area contributed by atoms with Gasteiger partial charge >= 0.3 is 7.60 Å². The van der Waals surface area contributed by atoms with Gasteiger partial charge in [-0.05, 0) is 57.1 Å². The van der Waals surface area contributed by atoms with Crippen LogP contribution in [0.2, 0.25) is 0 Å². The van der Waals surface area contributed by atoms with Crippen LogP contribution in [0.25, 0.3) is 0 Å². The van der Waals surface area contributed by atoms with Crippen LogP contribution in [0.3, 0.4) is 0 Å². The first-order valence-electron chi connectivity index (χ1n) is 6.95. The average molecular weight is 272 g/mol. The van der Waals surface area contributed by atoms with Gasteiger partial charge < -0.3 is 9.05 Å². The predicted molar refractivity (Wildman–Crippen MR) is 75.8 cm³/mol. The maximum Gasteiger partial charge on any atom is 0.354 e. The molecular formula is C14H25O3P. The van der Waals surface area contributed by atoms with Gasteiger partial charge in [0.25, 0.3) is 0 Å². The van der Waals surface area contributed by atoms with Gasteiger partial charge in [-0.3, -0.25) is 4.57 Å². The van der Waals surface area contributed by atoms with Crippen molar-refractivity contribution in [3.8, 4) is 0 Å². The molecule has 0 aromatic heterocycles. The Kier molecular flexibility index (Phi) is 6.91. The highest BCUT2D eigenvalue weighted by Gasteiger charge is 2.22. The zero-order valence-electron chi connectivity index (χ0n) is 11.8. The monoisotopic (exact) mass is 272 g/mol. The van der Waals surface area contributed by atoms with E-state index < -0.39 is 7.60 Å². The highest BCUT2D eigenvalue weighted by atomic mass is 31.2. The minimum atomic E-state index is -3.06. The molecule has 0 bridgehead atoms. The fraction of sp³-hybridized carbons (Fsp3) is 0.714. The van der Waals surface area contributed by atoms with Gasteiger partial charge in [-0.15, -0.1) is 0 Å². The Hall–Kier alpha value is -0.370. The Bertz CT molecular complexity index is 348. The lowest BCUT2D eigenvalue weighted by Crippen LogP contribution is -1.98. The van der Waals surface area contributed by atoms with Crippen molar-refractivity contribution in [2.75, 3.05) is 13.2 Å². The van der Waals surface area contributed by atoms with Crippen LogP contribution in [0.5, 0.6) is 0 Å². The van der Waals surface area contributed by atoms with E-state index >= 15 is 0 Å². The first-order valence-corrected chi connectivity index (χ1v) is 8.56. The van der Waals surface area contributed by atoms with E-state index in [0.717, 1.165) is 24.8 Å². The van der Waals surface area contributed by atoms with Crippen molar-refractivity contribution >= 4 is 7.60 Å². The van der Waals surface area contributed by atoms with Gasteiger partial charge in [-0.1, -0.05) is 13.0 Å². The lowest BCUT2D eigenvalue weighted by atomic mass is 9.93. The van der Waals surface area contributed by atoms with E-state index in [4.69, 9.17) is 9.05 Å². The lowest BCUT2D eigenvalue weighted by molar-refractivity contribution is 0.228. The molecule has 0 fully saturated rings. The fourth-order valence-corrected chi connectivity index (χ4v) is 3.87. The molecule has 0 atom stereocenters. The van der Waals surface area contributed by atoms with E-state index in [-0.39, 0.29) is 0 Å². The van der Waals surface area contributed by atoms with Crippen LogP contribution in [0, 0.1) is 0 Å². The van der Waals surface area contributed by atoms with Gasteiger partial charge in [0, 0.05) is 5.82 Å². The molecule has 0 saturated carbocycles. The van der Waals surface area contributed by atoms with Gasteiger partial charge in [-0.25, -0.2) is 0 Å². The van der Waals surface area contributed by atoms with Gasteiger partial charge in [0.2, 0.25) is 0 Å². The molecule has 1 aliphatic rings. The Morgan fingerprint density at radius 1 is 1.28 bits per heavy atom. The SMILES string of the molecule is CCOP(=O)(/C=C(/CC)C1=CCCCC1)OCC. The zero-order valence-corrected chi connectivity index (χ0v) is 12.7. The van der Waals surface area contributed by atoms with E-state index in [1.54, 1.807) is 5.82 Å². The van der Waals surface area contributed by atoms with Crippen molar-refractivity contribution in [3.63, 3.8) is 0 Å². The van der Waals surface area contributed by atoms with Crippen LogP contribution in [0.15, 0.2) is 23.0 Å². The van der Waals surface area contributed by atoms with Gasteiger partial charge in [0.1, 0.15) is 0 Å². The van der Waals surface area contributed by atoms with Crippen molar-refractivity contribution < 1.29 is 13.6 Å². The Morgan fingerprint density at radius 2 is 1.94 bits per heavy atom. The molecule has 0 spiro atoms. The molecule has 0 saturated heterocycles. The molecule has 0 aromatic rings. The summed E-state index contributed by atoms with van der Waals surface area (Å²) in [4.78, 5) is 0. The van der Waals surface area contributed by atoms with Crippen molar-refractivity contribution in [2.24, 2.45) is 0 Å². The van der Waals surface area contributed by atoms with Crippen LogP contribution < -0.4 is 0 Å². The second-order valence-electron chi connectivity index (χ2n) is 4.36. The van der Waals surface area contributed by atoms with Crippen LogP contribution in [-0.4, -0.2) is 13.2 Å². The summed E-state index contributed by atoms with van der Waals surface area (Å²) in [7, 11) is -3.06. The first kappa shape index (κ1) is 15.7. The van der Waals surface area contributed by atoms with E-state index in [2.05, 4.69) is 13.0 Å². The summed E-state index contributed by atoms with van der Waals surface area (Å²) < 4.78 is 23.1. The molecule has 0 N–H and O–H groups in total. The quantitative estimate of drug-likeness (QED) is 0.608. The molecular weight excluding hydrogens is 247 g/mol. The maximum atomic E-state index is 12.5. The van der Waals surface area contributed by atoms with Crippen LogP contribution in [0.4, 0.5) is 0 Å². The van der Waals surface area contributed by atoms with E-state index in [9.17, 15) is 4.57 Å². The minimum Gasteiger partial charge on any atom is -0.306 e. The van der Waals surface area contributed by atoms with E-state index in [1.165, 1.54) is 18.4 Å². The average Bonchev–Trinajstić information content (AvgIpc) is 2.38. The summed E-state index contributed by atoms with van der Waals surface area (Å²) in [5.74, 6) is 1.73. The molecule has 1 aliphatic carbocycles. The topological polar surface area (TPSA) is 35.5 Å². The third-order valence-corrected chi connectivity index (χ3v) is 4.88. The Morgan fingerprint density at radius 3 is 2.39 bits per heavy atom. The van der Waals surface area contributed by atoms with Gasteiger partial charge in [-0.2, -0.15) is 0 Å². The molecule has 0 amide bonds. The summed E-state index contributed by atoms with van der Waals surface area (Å²) in [6, 6.07) is 0. The summed E-state index contributed by atoms with van der Waals surface area (Å²) in [6.07, 6.45) is 7.82. The third kappa shape index (κ3) is 4.72. The van der Waals surface area contributed by atoms with Gasteiger partial charge in [0.05, 0.1) is 13.2 Å². The fourth-order valence-electron chi connectivity index (χ4n) is 2.19. The van der Waals surface area contributed by atoms with Crippen LogP contribution >= 0.6 is 7.60 Å². The van der Waals surface area contributed by atoms with Crippen molar-refractivity contribution in [1.82, 2.24) is 0 Å². The van der Waals surface area contributed by atoms with Crippen LogP contribution in [0.1, 0.15) is 52.9 Å². The van der Waals surface area contributed by atoms with Crippen molar-refractivity contribution in [1.29, 1.82) is 0 Å².